The van der Waals surface area contributed by atoms with E-state index in [2.05, 4.69) is 10.3 Å². The molecule has 0 aromatic carbocycles. The minimum Gasteiger partial charge on any atom is -0.395 e. The molecule has 1 aromatic rings. The number of carbonyl (C=O) groups excluding carboxylic acids is 1. The molecule has 1 saturated carbocycles. The number of rotatable bonds is 4. The quantitative estimate of drug-likeness (QED) is 0.822. The number of aliphatic hydroxyl groups excluding tert-OH is 1. The van der Waals surface area contributed by atoms with Crippen LogP contribution in [0, 0.1) is 6.92 Å². The SMILES string of the molecule is Cc1cc(NC(=O)N(CCO)C2CC2)cnc1Cl. The first-order valence-corrected chi connectivity index (χ1v) is 6.30. The Morgan fingerprint density at radius 1 is 1.67 bits per heavy atom. The molecule has 1 aliphatic rings. The smallest absolute Gasteiger partial charge is 0.322 e. The average molecular weight is 270 g/mol. The van der Waals surface area contributed by atoms with Gasteiger partial charge in [0.1, 0.15) is 5.15 Å². The van der Waals surface area contributed by atoms with Gasteiger partial charge in [-0.1, -0.05) is 11.6 Å². The first-order valence-electron chi connectivity index (χ1n) is 5.92. The molecule has 5 nitrogen and oxygen atoms in total. The van der Waals surface area contributed by atoms with Crippen LogP contribution in [0.15, 0.2) is 12.3 Å². The number of amides is 2. The zero-order valence-electron chi connectivity index (χ0n) is 10.2. The summed E-state index contributed by atoms with van der Waals surface area (Å²) in [5.74, 6) is 0. The number of carbonyl (C=O) groups is 1. The number of aromatic nitrogens is 1. The molecule has 0 aliphatic heterocycles. The third-order valence-electron chi connectivity index (χ3n) is 2.86. The maximum atomic E-state index is 12.0. The van der Waals surface area contributed by atoms with Gasteiger partial charge in [0.15, 0.2) is 0 Å². The lowest BCUT2D eigenvalue weighted by Gasteiger charge is -2.21. The van der Waals surface area contributed by atoms with E-state index in [0.717, 1.165) is 18.4 Å². The van der Waals surface area contributed by atoms with E-state index in [0.29, 0.717) is 17.4 Å². The van der Waals surface area contributed by atoms with Crippen LogP contribution in [0.1, 0.15) is 18.4 Å². The summed E-state index contributed by atoms with van der Waals surface area (Å²) in [6.07, 6.45) is 3.54. The van der Waals surface area contributed by atoms with E-state index in [1.165, 1.54) is 6.20 Å². The van der Waals surface area contributed by atoms with Crippen molar-refractivity contribution in [3.63, 3.8) is 0 Å². The van der Waals surface area contributed by atoms with Gasteiger partial charge in [-0.05, 0) is 31.4 Å². The van der Waals surface area contributed by atoms with Crippen molar-refractivity contribution in [3.8, 4) is 0 Å². The van der Waals surface area contributed by atoms with Gasteiger partial charge in [0, 0.05) is 12.6 Å². The Balaban J connectivity index is 2.02. The molecule has 18 heavy (non-hydrogen) atoms. The van der Waals surface area contributed by atoms with Crippen LogP contribution in [0.5, 0.6) is 0 Å². The molecular weight excluding hydrogens is 254 g/mol. The molecule has 0 radical (unpaired) electrons. The van der Waals surface area contributed by atoms with Crippen molar-refractivity contribution < 1.29 is 9.90 Å². The van der Waals surface area contributed by atoms with Gasteiger partial charge in [0.05, 0.1) is 18.5 Å². The van der Waals surface area contributed by atoms with Crippen LogP contribution in [-0.4, -0.2) is 40.2 Å². The number of hydrogen-bond donors (Lipinski definition) is 2. The van der Waals surface area contributed by atoms with Crippen LogP contribution in [0.3, 0.4) is 0 Å². The van der Waals surface area contributed by atoms with E-state index in [9.17, 15) is 4.79 Å². The first kappa shape index (κ1) is 13.1. The summed E-state index contributed by atoms with van der Waals surface area (Å²) in [6, 6.07) is 1.84. The van der Waals surface area contributed by atoms with Crippen molar-refractivity contribution >= 4 is 23.3 Å². The molecular formula is C12H16ClN3O2. The van der Waals surface area contributed by atoms with Gasteiger partial charge in [-0.15, -0.1) is 0 Å². The number of nitrogens with zero attached hydrogens (tertiary/aromatic N) is 2. The molecule has 6 heteroatoms. The van der Waals surface area contributed by atoms with E-state index >= 15 is 0 Å². The monoisotopic (exact) mass is 269 g/mol. The second-order valence-corrected chi connectivity index (χ2v) is 4.77. The molecule has 0 spiro atoms. The first-order chi connectivity index (χ1) is 8.61. The highest BCUT2D eigenvalue weighted by molar-refractivity contribution is 6.30. The molecule has 2 amide bonds. The van der Waals surface area contributed by atoms with E-state index in [1.54, 1.807) is 11.0 Å². The fourth-order valence-electron chi connectivity index (χ4n) is 1.77. The number of aryl methyl sites for hydroxylation is 1. The topological polar surface area (TPSA) is 65.5 Å². The summed E-state index contributed by atoms with van der Waals surface area (Å²) in [5, 5.41) is 12.2. The molecule has 2 rings (SSSR count). The third-order valence-corrected chi connectivity index (χ3v) is 3.25. The Kier molecular flexibility index (Phi) is 4.04. The maximum absolute atomic E-state index is 12.0. The van der Waals surface area contributed by atoms with Crippen molar-refractivity contribution in [2.45, 2.75) is 25.8 Å². The molecule has 1 fully saturated rings. The molecule has 2 N–H and O–H groups in total. The van der Waals surface area contributed by atoms with Crippen molar-refractivity contribution in [1.82, 2.24) is 9.88 Å². The summed E-state index contributed by atoms with van der Waals surface area (Å²) in [6.45, 7) is 2.16. The van der Waals surface area contributed by atoms with Crippen LogP contribution in [0.4, 0.5) is 10.5 Å². The summed E-state index contributed by atoms with van der Waals surface area (Å²) < 4.78 is 0. The average Bonchev–Trinajstić information content (AvgIpc) is 3.15. The number of halogens is 1. The summed E-state index contributed by atoms with van der Waals surface area (Å²) in [7, 11) is 0. The maximum Gasteiger partial charge on any atom is 0.322 e. The number of nitrogens with one attached hydrogen (secondary N) is 1. The number of hydrogen-bond acceptors (Lipinski definition) is 3. The van der Waals surface area contributed by atoms with Crippen LogP contribution < -0.4 is 5.32 Å². The molecule has 98 valence electrons. The van der Waals surface area contributed by atoms with Crippen molar-refractivity contribution in [1.29, 1.82) is 0 Å². The Morgan fingerprint density at radius 3 is 2.94 bits per heavy atom. The van der Waals surface area contributed by atoms with Crippen LogP contribution in [0.2, 0.25) is 5.15 Å². The second-order valence-electron chi connectivity index (χ2n) is 4.41. The number of urea groups is 1. The third kappa shape index (κ3) is 3.11. The van der Waals surface area contributed by atoms with E-state index < -0.39 is 0 Å². The van der Waals surface area contributed by atoms with Crippen molar-refractivity contribution in [2.24, 2.45) is 0 Å². The minimum atomic E-state index is -0.199. The van der Waals surface area contributed by atoms with E-state index in [4.69, 9.17) is 16.7 Å². The molecule has 1 aliphatic carbocycles. The second kappa shape index (κ2) is 5.54. The van der Waals surface area contributed by atoms with Gasteiger partial charge in [0.25, 0.3) is 0 Å². The highest BCUT2D eigenvalue weighted by atomic mass is 35.5. The van der Waals surface area contributed by atoms with E-state index in [-0.39, 0.29) is 18.7 Å². The van der Waals surface area contributed by atoms with Crippen LogP contribution >= 0.6 is 11.6 Å². The molecule has 1 heterocycles. The van der Waals surface area contributed by atoms with Crippen molar-refractivity contribution in [3.05, 3.63) is 23.0 Å². The Hall–Kier alpha value is -1.33. The number of aliphatic hydroxyl groups is 1. The largest absolute Gasteiger partial charge is 0.395 e. The Labute approximate surface area is 111 Å². The zero-order chi connectivity index (χ0) is 13.1. The van der Waals surface area contributed by atoms with Gasteiger partial charge in [0.2, 0.25) is 0 Å². The molecule has 0 atom stereocenters. The zero-order valence-corrected chi connectivity index (χ0v) is 10.9. The predicted molar refractivity (Wildman–Crippen MR) is 69.8 cm³/mol. The Morgan fingerprint density at radius 2 is 2.39 bits per heavy atom. The lowest BCUT2D eigenvalue weighted by atomic mass is 10.3. The van der Waals surface area contributed by atoms with Crippen molar-refractivity contribution in [2.75, 3.05) is 18.5 Å². The fraction of sp³-hybridized carbons (Fsp3) is 0.500. The highest BCUT2D eigenvalue weighted by Crippen LogP contribution is 2.27. The normalized spacial score (nSPS) is 14.4. The molecule has 0 unspecified atom stereocenters. The Bertz CT molecular complexity index is 449. The van der Waals surface area contributed by atoms with Gasteiger partial charge in [-0.25, -0.2) is 9.78 Å². The minimum absolute atomic E-state index is 0.0260. The predicted octanol–water partition coefficient (Wildman–Crippen LogP) is 2.03. The van der Waals surface area contributed by atoms with Gasteiger partial charge in [-0.3, -0.25) is 0 Å². The molecule has 1 aromatic heterocycles. The van der Waals surface area contributed by atoms with Gasteiger partial charge >= 0.3 is 6.03 Å². The summed E-state index contributed by atoms with van der Waals surface area (Å²) in [5.41, 5.74) is 1.43. The highest BCUT2D eigenvalue weighted by Gasteiger charge is 2.32. The van der Waals surface area contributed by atoms with Gasteiger partial charge < -0.3 is 15.3 Å². The van der Waals surface area contributed by atoms with Gasteiger partial charge in [-0.2, -0.15) is 0 Å². The summed E-state index contributed by atoms with van der Waals surface area (Å²) in [4.78, 5) is 17.7. The lowest BCUT2D eigenvalue weighted by Crippen LogP contribution is -2.38. The lowest BCUT2D eigenvalue weighted by molar-refractivity contribution is 0.185. The van der Waals surface area contributed by atoms with Crippen LogP contribution in [0.25, 0.3) is 0 Å². The standard InChI is InChI=1S/C12H16ClN3O2/c1-8-6-9(7-14-11(8)13)15-12(18)16(4-5-17)10-2-3-10/h6-7,10,17H,2-5H2,1H3,(H,15,18). The number of anilines is 1. The number of pyridine rings is 1. The molecule has 0 saturated heterocycles. The molecule has 0 bridgehead atoms. The fourth-order valence-corrected chi connectivity index (χ4v) is 1.87. The summed E-state index contributed by atoms with van der Waals surface area (Å²) >= 11 is 5.82. The van der Waals surface area contributed by atoms with E-state index in [1.807, 2.05) is 6.92 Å². The van der Waals surface area contributed by atoms with Crippen LogP contribution in [-0.2, 0) is 0 Å².